The van der Waals surface area contributed by atoms with Gasteiger partial charge in [-0.15, -0.1) is 0 Å². The summed E-state index contributed by atoms with van der Waals surface area (Å²) in [4.78, 5) is 4.96. The molecule has 13 rings (SSSR count). The Hall–Kier alpha value is -7.73. The van der Waals surface area contributed by atoms with E-state index >= 15 is 0 Å². The van der Waals surface area contributed by atoms with E-state index in [0.717, 1.165) is 55.7 Å². The minimum Gasteiger partial charge on any atom is -0.310 e. The van der Waals surface area contributed by atoms with Crippen LogP contribution in [0.3, 0.4) is 0 Å². The third-order valence-corrected chi connectivity index (χ3v) is 14.6. The van der Waals surface area contributed by atoms with Crippen LogP contribution in [0.2, 0.25) is 0 Å². The van der Waals surface area contributed by atoms with Gasteiger partial charge in [0, 0.05) is 45.3 Å². The fourth-order valence-corrected chi connectivity index (χ4v) is 11.8. The molecule has 0 amide bonds. The first kappa shape index (κ1) is 34.2. The molecule has 12 aromatic carbocycles. The summed E-state index contributed by atoms with van der Waals surface area (Å²) in [5.41, 5.74) is 6.77. The molecule has 0 spiro atoms. The van der Waals surface area contributed by atoms with Gasteiger partial charge in [-0.3, -0.25) is 0 Å². The molecule has 0 aromatic heterocycles. The minimum atomic E-state index is -3.91. The summed E-state index contributed by atoms with van der Waals surface area (Å²) in [6, 6.07) is 71.5. The Bertz CT molecular complexity index is 3470. The predicted octanol–water partition coefficient (Wildman–Crippen LogP) is 15.2. The topological polar surface area (TPSA) is 40.6 Å². The van der Waals surface area contributed by atoms with Crippen LogP contribution < -0.4 is 9.80 Å². The van der Waals surface area contributed by atoms with Crippen molar-refractivity contribution in [3.63, 3.8) is 0 Å². The second kappa shape index (κ2) is 12.6. The summed E-state index contributed by atoms with van der Waals surface area (Å²) >= 11 is 0. The molecule has 0 saturated carbocycles. The maximum Gasteiger partial charge on any atom is 0.207 e. The predicted molar refractivity (Wildman–Crippen MR) is 254 cm³/mol. The van der Waals surface area contributed by atoms with Crippen LogP contribution in [-0.2, 0) is 9.84 Å². The van der Waals surface area contributed by atoms with E-state index in [4.69, 9.17) is 0 Å². The number of rotatable bonds is 6. The number of hydrogen-bond acceptors (Lipinski definition) is 4. The summed E-state index contributed by atoms with van der Waals surface area (Å²) in [5, 5.41) is 14.4. The van der Waals surface area contributed by atoms with Crippen LogP contribution >= 0.6 is 0 Å². The lowest BCUT2D eigenvalue weighted by Crippen LogP contribution is -2.11. The Kier molecular flexibility index (Phi) is 7.08. The third kappa shape index (κ3) is 5.02. The van der Waals surface area contributed by atoms with E-state index in [1.165, 1.54) is 43.1 Å². The quantitative estimate of drug-likeness (QED) is 0.157. The number of para-hydroxylation sites is 2. The van der Waals surface area contributed by atoms with Crippen molar-refractivity contribution >= 4 is 109 Å². The summed E-state index contributed by atoms with van der Waals surface area (Å²) in [5.74, 6) is 0. The van der Waals surface area contributed by atoms with Crippen molar-refractivity contribution < 1.29 is 8.42 Å². The lowest BCUT2D eigenvalue weighted by atomic mass is 9.93. The third-order valence-electron chi connectivity index (χ3n) is 12.8. The van der Waals surface area contributed by atoms with Gasteiger partial charge in [-0.2, -0.15) is 0 Å². The molecule has 0 unspecified atom stereocenters. The first-order valence-corrected chi connectivity index (χ1v) is 22.1. The monoisotopic (exact) mass is 798 g/mol. The van der Waals surface area contributed by atoms with Crippen LogP contribution in [-0.4, -0.2) is 8.42 Å². The van der Waals surface area contributed by atoms with Crippen LogP contribution in [0, 0.1) is 0 Å². The second-order valence-electron chi connectivity index (χ2n) is 16.2. The van der Waals surface area contributed by atoms with E-state index in [-0.39, 0.29) is 0 Å². The summed E-state index contributed by atoms with van der Waals surface area (Å²) in [7, 11) is -3.91. The molecule has 1 aliphatic rings. The Balaban J connectivity index is 0.947. The maximum atomic E-state index is 14.9. The van der Waals surface area contributed by atoms with Crippen LogP contribution in [0.15, 0.2) is 216 Å². The lowest BCUT2D eigenvalue weighted by molar-refractivity contribution is 0.598. The number of benzene rings is 12. The molecule has 0 bridgehead atoms. The Morgan fingerprint density at radius 3 is 0.951 bits per heavy atom. The van der Waals surface area contributed by atoms with E-state index in [9.17, 15) is 8.42 Å². The highest BCUT2D eigenvalue weighted by Gasteiger charge is 2.35. The molecule has 0 aliphatic carbocycles. The molecule has 0 saturated heterocycles. The van der Waals surface area contributed by atoms with Gasteiger partial charge in [0.05, 0.1) is 9.79 Å². The lowest BCUT2D eigenvalue weighted by Gasteiger charge is -2.27. The Labute approximate surface area is 352 Å². The highest BCUT2D eigenvalue weighted by Crippen LogP contribution is 2.50. The van der Waals surface area contributed by atoms with Crippen LogP contribution in [0.1, 0.15) is 0 Å². The van der Waals surface area contributed by atoms with Gasteiger partial charge in [-0.25, -0.2) is 8.42 Å². The van der Waals surface area contributed by atoms with Gasteiger partial charge in [-0.05, 0) is 137 Å². The van der Waals surface area contributed by atoms with Crippen molar-refractivity contribution in [2.45, 2.75) is 9.79 Å². The molecular weight excluding hydrogens is 765 g/mol. The fourth-order valence-electron chi connectivity index (χ4n) is 10.1. The summed E-state index contributed by atoms with van der Waals surface area (Å²) in [6.07, 6.45) is 0. The maximum absolute atomic E-state index is 14.9. The highest BCUT2D eigenvalue weighted by atomic mass is 32.2. The first-order valence-electron chi connectivity index (χ1n) is 20.6. The molecule has 0 radical (unpaired) electrons. The van der Waals surface area contributed by atoms with E-state index in [1.807, 2.05) is 72.8 Å². The van der Waals surface area contributed by atoms with E-state index < -0.39 is 9.84 Å². The molecule has 0 N–H and O–H groups in total. The highest BCUT2D eigenvalue weighted by molar-refractivity contribution is 7.92. The fraction of sp³-hybridized carbons (Fsp3) is 0. The second-order valence-corrected chi connectivity index (χ2v) is 18.0. The molecule has 1 heterocycles. The van der Waals surface area contributed by atoms with Crippen LogP contribution in [0.25, 0.3) is 75.8 Å². The molecule has 61 heavy (non-hydrogen) atoms. The zero-order valence-corrected chi connectivity index (χ0v) is 33.6. The average molecular weight is 799 g/mol. The number of anilines is 6. The number of fused-ring (bicyclic) bond motifs is 3. The van der Waals surface area contributed by atoms with Crippen molar-refractivity contribution in [2.75, 3.05) is 9.80 Å². The van der Waals surface area contributed by atoms with Gasteiger partial charge in [-0.1, -0.05) is 133 Å². The molecule has 5 heteroatoms. The van der Waals surface area contributed by atoms with Gasteiger partial charge in [0.25, 0.3) is 0 Å². The molecule has 0 fully saturated rings. The Morgan fingerprint density at radius 1 is 0.262 bits per heavy atom. The van der Waals surface area contributed by atoms with Crippen molar-refractivity contribution in [2.24, 2.45) is 0 Å². The molecule has 4 nitrogen and oxygen atoms in total. The first-order chi connectivity index (χ1) is 30.0. The zero-order valence-electron chi connectivity index (χ0n) is 32.7. The largest absolute Gasteiger partial charge is 0.310 e. The summed E-state index contributed by atoms with van der Waals surface area (Å²) < 4.78 is 29.9. The van der Waals surface area contributed by atoms with Crippen LogP contribution in [0.5, 0.6) is 0 Å². The number of sulfone groups is 1. The SMILES string of the molecule is O=S1(=O)c2cc(N(c3ccccc3)c3cc4ccc5cccc6ccc(c3)c4c56)ccc2-c2ccc(N(c3ccccc3)c3cc4ccc5cccc6ccc(c3)c4c56)cc21. The van der Waals surface area contributed by atoms with Crippen molar-refractivity contribution in [1.29, 1.82) is 0 Å². The van der Waals surface area contributed by atoms with E-state index in [1.54, 1.807) is 0 Å². The van der Waals surface area contributed by atoms with Crippen molar-refractivity contribution in [3.8, 4) is 11.1 Å². The normalized spacial score (nSPS) is 13.2. The number of nitrogens with zero attached hydrogens (tertiary/aromatic N) is 2. The summed E-state index contributed by atoms with van der Waals surface area (Å²) in [6.45, 7) is 0. The van der Waals surface area contributed by atoms with E-state index in [0.29, 0.717) is 20.9 Å². The van der Waals surface area contributed by atoms with Crippen molar-refractivity contribution in [1.82, 2.24) is 0 Å². The van der Waals surface area contributed by atoms with Gasteiger partial charge in [0.15, 0.2) is 0 Å². The standard InChI is InChI=1S/C56H34N2O2S/c59-61(60)51-33-45(57(43-13-3-1-4-14-43)47-29-39-21-17-35-9-7-10-36-18-22-40(30-47)55(39)53(35)36)25-27-49(51)50-28-26-46(34-52(50)61)58(44-15-5-2-6-16-44)48-31-41-23-19-37-11-8-12-38-20-24-42(32-48)56(41)54(37)38/h1-34H. The molecule has 12 aromatic rings. The Morgan fingerprint density at radius 2 is 0.590 bits per heavy atom. The average Bonchev–Trinajstić information content (AvgIpc) is 3.53. The van der Waals surface area contributed by atoms with E-state index in [2.05, 4.69) is 143 Å². The molecule has 1 aliphatic heterocycles. The molecular formula is C56H34N2O2S. The van der Waals surface area contributed by atoms with Crippen molar-refractivity contribution in [3.05, 3.63) is 206 Å². The van der Waals surface area contributed by atoms with Gasteiger partial charge < -0.3 is 9.80 Å². The number of hydrogen-bond donors (Lipinski definition) is 0. The zero-order chi connectivity index (χ0) is 40.4. The van der Waals surface area contributed by atoms with Gasteiger partial charge in [0.2, 0.25) is 9.84 Å². The van der Waals surface area contributed by atoms with Crippen LogP contribution in [0.4, 0.5) is 34.1 Å². The molecule has 286 valence electrons. The smallest absolute Gasteiger partial charge is 0.207 e. The minimum absolute atomic E-state index is 0.310. The van der Waals surface area contributed by atoms with Gasteiger partial charge >= 0.3 is 0 Å². The van der Waals surface area contributed by atoms with Gasteiger partial charge in [0.1, 0.15) is 0 Å². The molecule has 0 atom stereocenters.